The Morgan fingerprint density at radius 2 is 2.18 bits per heavy atom. The van der Waals surface area contributed by atoms with Gasteiger partial charge in [-0.25, -0.2) is 0 Å². The first-order valence-corrected chi connectivity index (χ1v) is 6.08. The highest BCUT2D eigenvalue weighted by Gasteiger charge is 2.31. The summed E-state index contributed by atoms with van der Waals surface area (Å²) in [6.07, 6.45) is 1.23. The third-order valence-electron chi connectivity index (χ3n) is 3.49. The highest BCUT2D eigenvalue weighted by Crippen LogP contribution is 2.29. The number of rotatable bonds is 3. The van der Waals surface area contributed by atoms with Crippen molar-refractivity contribution in [1.82, 2.24) is 10.3 Å². The normalized spacial score (nSPS) is 22.9. The molecule has 1 aromatic heterocycles. The number of pyridine rings is 1. The quantitative estimate of drug-likeness (QED) is 0.844. The van der Waals surface area contributed by atoms with Crippen molar-refractivity contribution in [1.29, 1.82) is 0 Å². The SMILES string of the molecule is C[C@@H]1C[C@@H]1NCc1cc2ccccc2[nH]c1=O. The Bertz CT molecular complexity index is 602. The van der Waals surface area contributed by atoms with Gasteiger partial charge in [0.2, 0.25) is 0 Å². The van der Waals surface area contributed by atoms with Gasteiger partial charge in [0.25, 0.3) is 5.56 Å². The average molecular weight is 228 g/mol. The highest BCUT2D eigenvalue weighted by molar-refractivity contribution is 5.78. The van der Waals surface area contributed by atoms with Crippen LogP contribution in [0, 0.1) is 5.92 Å². The lowest BCUT2D eigenvalue weighted by Crippen LogP contribution is -2.23. The van der Waals surface area contributed by atoms with Crippen molar-refractivity contribution in [2.24, 2.45) is 5.92 Å². The molecule has 3 nitrogen and oxygen atoms in total. The van der Waals surface area contributed by atoms with Crippen LogP contribution in [0.1, 0.15) is 18.9 Å². The number of hydrogen-bond acceptors (Lipinski definition) is 2. The van der Waals surface area contributed by atoms with E-state index in [2.05, 4.69) is 17.2 Å². The summed E-state index contributed by atoms with van der Waals surface area (Å²) in [5.41, 5.74) is 1.74. The summed E-state index contributed by atoms with van der Waals surface area (Å²) >= 11 is 0. The molecule has 0 unspecified atom stereocenters. The van der Waals surface area contributed by atoms with Gasteiger partial charge in [0.15, 0.2) is 0 Å². The molecule has 17 heavy (non-hydrogen) atoms. The number of nitrogens with one attached hydrogen (secondary N) is 2. The van der Waals surface area contributed by atoms with Crippen LogP contribution in [0.3, 0.4) is 0 Å². The standard InChI is InChI=1S/C14H16N2O/c1-9-6-13(9)15-8-11-7-10-4-2-3-5-12(10)16-14(11)17/h2-5,7,9,13,15H,6,8H2,1H3,(H,16,17)/t9-,13+/m1/s1. The van der Waals surface area contributed by atoms with Crippen LogP contribution in [0.4, 0.5) is 0 Å². The molecule has 1 heterocycles. The van der Waals surface area contributed by atoms with E-state index in [0.29, 0.717) is 12.6 Å². The summed E-state index contributed by atoms with van der Waals surface area (Å²) in [6, 6.07) is 10.4. The molecule has 0 aliphatic heterocycles. The number of aromatic nitrogens is 1. The Balaban J connectivity index is 1.88. The summed E-state index contributed by atoms with van der Waals surface area (Å²) in [7, 11) is 0. The fourth-order valence-electron chi connectivity index (χ4n) is 2.17. The van der Waals surface area contributed by atoms with Gasteiger partial charge in [-0.05, 0) is 29.9 Å². The zero-order valence-electron chi connectivity index (χ0n) is 9.86. The first-order valence-electron chi connectivity index (χ1n) is 6.08. The molecule has 1 aliphatic carbocycles. The van der Waals surface area contributed by atoms with Crippen LogP contribution in [0.15, 0.2) is 35.1 Å². The van der Waals surface area contributed by atoms with Gasteiger partial charge < -0.3 is 10.3 Å². The smallest absolute Gasteiger partial charge is 0.252 e. The van der Waals surface area contributed by atoms with Crippen LogP contribution < -0.4 is 10.9 Å². The van der Waals surface area contributed by atoms with E-state index < -0.39 is 0 Å². The van der Waals surface area contributed by atoms with Gasteiger partial charge in [-0.15, -0.1) is 0 Å². The number of para-hydroxylation sites is 1. The number of fused-ring (bicyclic) bond motifs is 1. The van der Waals surface area contributed by atoms with Gasteiger partial charge in [-0.1, -0.05) is 25.1 Å². The zero-order chi connectivity index (χ0) is 11.8. The predicted octanol–water partition coefficient (Wildman–Crippen LogP) is 2.03. The highest BCUT2D eigenvalue weighted by atomic mass is 16.1. The molecule has 0 saturated heterocycles. The maximum absolute atomic E-state index is 11.9. The second kappa shape index (κ2) is 4.00. The molecule has 0 radical (unpaired) electrons. The Hall–Kier alpha value is -1.61. The molecule has 3 heteroatoms. The van der Waals surface area contributed by atoms with Crippen LogP contribution >= 0.6 is 0 Å². The summed E-state index contributed by atoms with van der Waals surface area (Å²) in [6.45, 7) is 2.89. The molecular weight excluding hydrogens is 212 g/mol. The minimum Gasteiger partial charge on any atom is -0.322 e. The number of benzene rings is 1. The topological polar surface area (TPSA) is 44.9 Å². The van der Waals surface area contributed by atoms with Crippen molar-refractivity contribution < 1.29 is 0 Å². The molecule has 0 spiro atoms. The predicted molar refractivity (Wildman–Crippen MR) is 69.0 cm³/mol. The average Bonchev–Trinajstić information content (AvgIpc) is 3.03. The van der Waals surface area contributed by atoms with Crippen molar-refractivity contribution >= 4 is 10.9 Å². The fraction of sp³-hybridized carbons (Fsp3) is 0.357. The summed E-state index contributed by atoms with van der Waals surface area (Å²) in [4.78, 5) is 14.8. The van der Waals surface area contributed by atoms with Crippen LogP contribution in [0.5, 0.6) is 0 Å². The molecule has 2 N–H and O–H groups in total. The molecule has 0 amide bonds. The van der Waals surface area contributed by atoms with E-state index in [4.69, 9.17) is 0 Å². The van der Waals surface area contributed by atoms with E-state index in [-0.39, 0.29) is 5.56 Å². The van der Waals surface area contributed by atoms with Gasteiger partial charge in [-0.3, -0.25) is 4.79 Å². The summed E-state index contributed by atoms with van der Waals surface area (Å²) in [5.74, 6) is 0.759. The number of aromatic amines is 1. The van der Waals surface area contributed by atoms with E-state index in [1.54, 1.807) is 0 Å². The van der Waals surface area contributed by atoms with Gasteiger partial charge in [0.1, 0.15) is 0 Å². The van der Waals surface area contributed by atoms with Crippen molar-refractivity contribution in [2.45, 2.75) is 25.9 Å². The van der Waals surface area contributed by atoms with Gasteiger partial charge >= 0.3 is 0 Å². The third kappa shape index (κ3) is 2.11. The van der Waals surface area contributed by atoms with Crippen LogP contribution in [0.25, 0.3) is 10.9 Å². The number of H-pyrrole nitrogens is 1. The molecule has 88 valence electrons. The molecule has 1 aromatic carbocycles. The minimum absolute atomic E-state index is 0.0181. The molecule has 1 fully saturated rings. The second-order valence-corrected chi connectivity index (χ2v) is 4.91. The molecule has 2 atom stereocenters. The van der Waals surface area contributed by atoms with E-state index >= 15 is 0 Å². The van der Waals surface area contributed by atoms with Gasteiger partial charge in [0.05, 0.1) is 0 Å². The van der Waals surface area contributed by atoms with Crippen LogP contribution in [-0.2, 0) is 6.54 Å². The van der Waals surface area contributed by atoms with E-state index in [0.717, 1.165) is 22.4 Å². The Kier molecular flexibility index (Phi) is 2.48. The monoisotopic (exact) mass is 228 g/mol. The van der Waals surface area contributed by atoms with Crippen molar-refractivity contribution in [3.63, 3.8) is 0 Å². The Morgan fingerprint density at radius 3 is 2.94 bits per heavy atom. The van der Waals surface area contributed by atoms with E-state index in [1.165, 1.54) is 6.42 Å². The largest absolute Gasteiger partial charge is 0.322 e. The molecule has 2 aromatic rings. The third-order valence-corrected chi connectivity index (χ3v) is 3.49. The number of hydrogen-bond donors (Lipinski definition) is 2. The van der Waals surface area contributed by atoms with Crippen molar-refractivity contribution in [3.05, 3.63) is 46.2 Å². The summed E-state index contributed by atoms with van der Waals surface area (Å²) in [5, 5.41) is 4.50. The Morgan fingerprint density at radius 1 is 1.41 bits per heavy atom. The van der Waals surface area contributed by atoms with Crippen LogP contribution in [-0.4, -0.2) is 11.0 Å². The van der Waals surface area contributed by atoms with E-state index in [1.807, 2.05) is 30.3 Å². The molecule has 1 aliphatic rings. The van der Waals surface area contributed by atoms with Crippen LogP contribution in [0.2, 0.25) is 0 Å². The van der Waals surface area contributed by atoms with Gasteiger partial charge in [-0.2, -0.15) is 0 Å². The van der Waals surface area contributed by atoms with Gasteiger partial charge in [0, 0.05) is 23.7 Å². The Labute approximate surface area is 99.9 Å². The molecule has 1 saturated carbocycles. The maximum Gasteiger partial charge on any atom is 0.252 e. The molecule has 3 rings (SSSR count). The van der Waals surface area contributed by atoms with Crippen molar-refractivity contribution in [3.8, 4) is 0 Å². The van der Waals surface area contributed by atoms with E-state index in [9.17, 15) is 4.79 Å². The maximum atomic E-state index is 11.9. The lowest BCUT2D eigenvalue weighted by Gasteiger charge is -2.04. The lowest BCUT2D eigenvalue weighted by atomic mass is 10.1. The summed E-state index contributed by atoms with van der Waals surface area (Å²) < 4.78 is 0. The fourth-order valence-corrected chi connectivity index (χ4v) is 2.17. The molecule has 0 bridgehead atoms. The minimum atomic E-state index is 0.0181. The lowest BCUT2D eigenvalue weighted by molar-refractivity contribution is 0.649. The molecular formula is C14H16N2O. The first-order chi connectivity index (χ1) is 8.24. The first kappa shape index (κ1) is 10.5. The van der Waals surface area contributed by atoms with Crippen molar-refractivity contribution in [2.75, 3.05) is 0 Å². The second-order valence-electron chi connectivity index (χ2n) is 4.91. The zero-order valence-corrected chi connectivity index (χ0v) is 9.86.